The Hall–Kier alpha value is -2.58. The fourth-order valence-electron chi connectivity index (χ4n) is 3.83. The number of likely N-dealkylation sites (N-methyl/N-ethyl adjacent to an activating group) is 1. The summed E-state index contributed by atoms with van der Waals surface area (Å²) < 4.78 is 46.3. The number of amides is 2. The van der Waals surface area contributed by atoms with Crippen LogP contribution >= 0.6 is 11.6 Å². The number of hydrogen-bond acceptors (Lipinski definition) is 3. The van der Waals surface area contributed by atoms with E-state index in [1.165, 1.54) is 12.1 Å². The summed E-state index contributed by atoms with van der Waals surface area (Å²) in [4.78, 5) is 27.6. The summed E-state index contributed by atoms with van der Waals surface area (Å²) in [5.74, 6) is -0.698. The Morgan fingerprint density at radius 2 is 1.70 bits per heavy atom. The Morgan fingerprint density at radius 3 is 2.30 bits per heavy atom. The average molecular weight is 484 g/mol. The number of carbonyl (C=O) groups excluding carboxylic acids is 2. The zero-order chi connectivity index (χ0) is 24.8. The first-order chi connectivity index (χ1) is 15.1. The van der Waals surface area contributed by atoms with Gasteiger partial charge in [-0.25, -0.2) is 0 Å². The van der Waals surface area contributed by atoms with Gasteiger partial charge >= 0.3 is 6.18 Å². The number of rotatable bonds is 7. The summed E-state index contributed by atoms with van der Waals surface area (Å²) in [7, 11) is 6.04. The molecule has 0 aliphatic carbocycles. The van der Waals surface area contributed by atoms with E-state index < -0.39 is 34.1 Å². The number of imide groups is 1. The van der Waals surface area contributed by atoms with Crippen molar-refractivity contribution in [3.63, 3.8) is 0 Å². The number of benzene rings is 2. The molecule has 0 spiro atoms. The fourth-order valence-corrected chi connectivity index (χ4v) is 4.06. The van der Waals surface area contributed by atoms with E-state index >= 15 is 0 Å². The molecule has 1 aliphatic rings. The van der Waals surface area contributed by atoms with Crippen LogP contribution in [-0.2, 0) is 12.6 Å². The fraction of sp³-hybridized carbons (Fsp3) is 0.417. The Labute approximate surface area is 196 Å². The van der Waals surface area contributed by atoms with Crippen LogP contribution in [-0.4, -0.2) is 61.0 Å². The van der Waals surface area contributed by atoms with Crippen LogP contribution in [0.5, 0.6) is 5.75 Å². The Kier molecular flexibility index (Phi) is 6.56. The normalized spacial score (nSPS) is 14.6. The quantitative estimate of drug-likeness (QED) is 0.408. The number of nitrogens with zero attached hydrogens (tertiary/aromatic N) is 2. The van der Waals surface area contributed by atoms with Crippen LogP contribution in [0.15, 0.2) is 36.4 Å². The zero-order valence-corrected chi connectivity index (χ0v) is 20.0. The molecule has 0 atom stereocenters. The van der Waals surface area contributed by atoms with Crippen LogP contribution in [0.3, 0.4) is 0 Å². The van der Waals surface area contributed by atoms with Gasteiger partial charge in [-0.05, 0) is 50.1 Å². The van der Waals surface area contributed by atoms with Crippen molar-refractivity contribution >= 4 is 23.4 Å². The molecule has 0 fully saturated rings. The second-order valence-corrected chi connectivity index (χ2v) is 10.2. The van der Waals surface area contributed by atoms with E-state index in [0.717, 1.165) is 11.0 Å². The molecule has 1 heterocycles. The summed E-state index contributed by atoms with van der Waals surface area (Å²) >= 11 is 5.72. The summed E-state index contributed by atoms with van der Waals surface area (Å²) in [6.45, 7) is 4.34. The van der Waals surface area contributed by atoms with E-state index in [-0.39, 0.29) is 17.5 Å². The molecule has 33 heavy (non-hydrogen) atoms. The Morgan fingerprint density at radius 1 is 1.03 bits per heavy atom. The third-order valence-electron chi connectivity index (χ3n) is 5.47. The number of ether oxygens (including phenoxy) is 1. The van der Waals surface area contributed by atoms with Crippen LogP contribution in [0, 0.1) is 0 Å². The van der Waals surface area contributed by atoms with E-state index in [2.05, 4.69) is 0 Å². The molecule has 0 unspecified atom stereocenters. The van der Waals surface area contributed by atoms with Gasteiger partial charge in [0.15, 0.2) is 0 Å². The first-order valence-electron chi connectivity index (χ1n) is 10.4. The molecule has 0 N–H and O–H groups in total. The van der Waals surface area contributed by atoms with Crippen molar-refractivity contribution in [2.24, 2.45) is 0 Å². The minimum absolute atomic E-state index is 0.0242. The SMILES string of the molecule is CC(C)(Cc1ccc(Cl)c(C(F)(F)F)c1)N1C(=O)c2cccc(OCC[N+](C)(C)C)c2C1=O. The smallest absolute Gasteiger partial charge is 0.417 e. The van der Waals surface area contributed by atoms with Gasteiger partial charge in [-0.3, -0.25) is 14.5 Å². The van der Waals surface area contributed by atoms with Crippen LogP contribution in [0.4, 0.5) is 13.2 Å². The summed E-state index contributed by atoms with van der Waals surface area (Å²) in [5.41, 5.74) is -1.32. The zero-order valence-electron chi connectivity index (χ0n) is 19.2. The highest BCUT2D eigenvalue weighted by Gasteiger charge is 2.46. The average Bonchev–Trinajstić information content (AvgIpc) is 2.93. The van der Waals surface area contributed by atoms with Crippen molar-refractivity contribution < 1.29 is 32.0 Å². The number of hydrogen-bond donors (Lipinski definition) is 0. The molecule has 0 bridgehead atoms. The lowest BCUT2D eigenvalue weighted by Gasteiger charge is -2.34. The Balaban J connectivity index is 1.88. The number of halogens is 4. The molecule has 3 rings (SSSR count). The summed E-state index contributed by atoms with van der Waals surface area (Å²) in [5, 5.41) is -0.402. The standard InChI is InChI=1S/C24H27ClF3N2O3/c1-23(2,14-15-9-10-18(25)17(13-15)24(26,27)28)29-21(31)16-7-6-8-19(20(16)22(29)32)33-12-11-30(3,4)5/h6-10,13H,11-12,14H2,1-5H3/q+1. The van der Waals surface area contributed by atoms with Crippen molar-refractivity contribution in [2.45, 2.75) is 32.0 Å². The minimum Gasteiger partial charge on any atom is -0.487 e. The molecule has 178 valence electrons. The van der Waals surface area contributed by atoms with E-state index in [1.807, 2.05) is 21.1 Å². The predicted octanol–water partition coefficient (Wildman–Crippen LogP) is 5.06. The largest absolute Gasteiger partial charge is 0.487 e. The first kappa shape index (κ1) is 25.1. The van der Waals surface area contributed by atoms with Gasteiger partial charge < -0.3 is 9.22 Å². The minimum atomic E-state index is -4.61. The second kappa shape index (κ2) is 8.65. The van der Waals surface area contributed by atoms with Gasteiger partial charge in [0, 0.05) is 5.54 Å². The van der Waals surface area contributed by atoms with Gasteiger partial charge in [0.25, 0.3) is 11.8 Å². The number of alkyl halides is 3. The molecule has 5 nitrogen and oxygen atoms in total. The van der Waals surface area contributed by atoms with E-state index in [0.29, 0.717) is 28.9 Å². The summed E-state index contributed by atoms with van der Waals surface area (Å²) in [6.07, 6.45) is -4.58. The Bertz CT molecular complexity index is 1090. The molecule has 2 amide bonds. The van der Waals surface area contributed by atoms with Crippen molar-refractivity contribution in [3.05, 3.63) is 63.7 Å². The maximum absolute atomic E-state index is 13.3. The van der Waals surface area contributed by atoms with Gasteiger partial charge in [0.2, 0.25) is 0 Å². The monoisotopic (exact) mass is 483 g/mol. The highest BCUT2D eigenvalue weighted by atomic mass is 35.5. The topological polar surface area (TPSA) is 46.6 Å². The first-order valence-corrected chi connectivity index (χ1v) is 10.8. The molecule has 9 heteroatoms. The van der Waals surface area contributed by atoms with Gasteiger partial charge in [0.1, 0.15) is 18.9 Å². The molecule has 2 aromatic rings. The number of carbonyl (C=O) groups is 2. The van der Waals surface area contributed by atoms with Crippen LogP contribution in [0.25, 0.3) is 0 Å². The number of quaternary nitrogens is 1. The molecular weight excluding hydrogens is 457 g/mol. The second-order valence-electron chi connectivity index (χ2n) is 9.79. The lowest BCUT2D eigenvalue weighted by molar-refractivity contribution is -0.870. The molecule has 0 saturated heterocycles. The lowest BCUT2D eigenvalue weighted by Crippen LogP contribution is -2.49. The van der Waals surface area contributed by atoms with Crippen molar-refractivity contribution in [3.8, 4) is 5.75 Å². The van der Waals surface area contributed by atoms with Crippen LogP contribution in [0.2, 0.25) is 5.02 Å². The molecule has 0 aromatic heterocycles. The van der Waals surface area contributed by atoms with E-state index in [4.69, 9.17) is 16.3 Å². The maximum atomic E-state index is 13.3. The van der Waals surface area contributed by atoms with E-state index in [1.54, 1.807) is 32.0 Å². The van der Waals surface area contributed by atoms with Gasteiger partial charge in [-0.1, -0.05) is 23.7 Å². The van der Waals surface area contributed by atoms with Gasteiger partial charge in [-0.15, -0.1) is 0 Å². The molecule has 0 radical (unpaired) electrons. The van der Waals surface area contributed by atoms with Gasteiger partial charge in [-0.2, -0.15) is 13.2 Å². The van der Waals surface area contributed by atoms with Crippen molar-refractivity contribution in [2.75, 3.05) is 34.3 Å². The van der Waals surface area contributed by atoms with E-state index in [9.17, 15) is 22.8 Å². The molecule has 2 aromatic carbocycles. The van der Waals surface area contributed by atoms with Crippen LogP contribution < -0.4 is 4.74 Å². The van der Waals surface area contributed by atoms with Crippen LogP contribution in [0.1, 0.15) is 45.7 Å². The molecule has 0 saturated carbocycles. The summed E-state index contributed by atoms with van der Waals surface area (Å²) in [6, 6.07) is 8.46. The third-order valence-corrected chi connectivity index (χ3v) is 5.80. The van der Waals surface area contributed by atoms with Gasteiger partial charge in [0.05, 0.1) is 42.9 Å². The highest BCUT2D eigenvalue weighted by molar-refractivity contribution is 6.31. The molecular formula is C24H27ClF3N2O3+. The molecule has 1 aliphatic heterocycles. The maximum Gasteiger partial charge on any atom is 0.417 e. The third kappa shape index (κ3) is 5.33. The highest BCUT2D eigenvalue weighted by Crippen LogP contribution is 2.38. The lowest BCUT2D eigenvalue weighted by atomic mass is 9.92. The number of fused-ring (bicyclic) bond motifs is 1. The van der Waals surface area contributed by atoms with Crippen molar-refractivity contribution in [1.29, 1.82) is 0 Å². The van der Waals surface area contributed by atoms with Crippen molar-refractivity contribution in [1.82, 2.24) is 4.90 Å². The predicted molar refractivity (Wildman–Crippen MR) is 120 cm³/mol.